The third kappa shape index (κ3) is 3.71. The van der Waals surface area contributed by atoms with Crippen molar-refractivity contribution < 1.29 is 19.1 Å². The largest absolute Gasteiger partial charge is 0.477 e. The number of nitrogens with two attached hydrogens (primary N) is 1. The summed E-state index contributed by atoms with van der Waals surface area (Å²) in [5.41, 5.74) is 6.50. The number of Topliss-reactive ketones (excluding diaryl/α,β-unsaturated/α-hetero) is 1. The normalized spacial score (nSPS) is 11.7. The zero-order chi connectivity index (χ0) is 14.4. The first-order valence-corrected chi connectivity index (χ1v) is 6.23. The van der Waals surface area contributed by atoms with Crippen molar-refractivity contribution in [2.45, 2.75) is 33.3 Å². The molecule has 0 amide bonds. The van der Waals surface area contributed by atoms with Crippen LogP contribution in [0.2, 0.25) is 0 Å². The fourth-order valence-electron chi connectivity index (χ4n) is 1.64. The highest BCUT2D eigenvalue weighted by molar-refractivity contribution is 6.00. The van der Waals surface area contributed by atoms with Gasteiger partial charge in [-0.05, 0) is 32.4 Å². The van der Waals surface area contributed by atoms with Gasteiger partial charge in [0.15, 0.2) is 11.9 Å². The van der Waals surface area contributed by atoms with Crippen LogP contribution >= 0.6 is 0 Å². The van der Waals surface area contributed by atoms with E-state index in [1.165, 1.54) is 6.92 Å². The second-order valence-corrected chi connectivity index (χ2v) is 4.04. The second-order valence-electron chi connectivity index (χ2n) is 4.04. The van der Waals surface area contributed by atoms with Gasteiger partial charge in [-0.3, -0.25) is 4.79 Å². The summed E-state index contributed by atoms with van der Waals surface area (Å²) < 4.78 is 10.5. The van der Waals surface area contributed by atoms with E-state index < -0.39 is 12.1 Å². The molecule has 0 aliphatic carbocycles. The predicted octanol–water partition coefficient (Wildman–Crippen LogP) is 2.19. The maximum Gasteiger partial charge on any atom is 0.347 e. The first-order valence-electron chi connectivity index (χ1n) is 6.23. The van der Waals surface area contributed by atoms with Crippen molar-refractivity contribution in [1.29, 1.82) is 0 Å². The number of ether oxygens (including phenoxy) is 2. The van der Waals surface area contributed by atoms with Gasteiger partial charge < -0.3 is 15.2 Å². The Morgan fingerprint density at radius 2 is 2.00 bits per heavy atom. The fourth-order valence-corrected chi connectivity index (χ4v) is 1.64. The molecule has 2 N–H and O–H groups in total. The standard InChI is InChI=1S/C14H19NO4/c1-4-11(14(17)18-5-2)19-12-8-6-7-10(9(3)16)13(12)15/h6-8,11H,4-5,15H2,1-3H3. The lowest BCUT2D eigenvalue weighted by molar-refractivity contribution is -0.151. The van der Waals surface area contributed by atoms with Crippen LogP contribution in [0.5, 0.6) is 5.75 Å². The van der Waals surface area contributed by atoms with Gasteiger partial charge in [0, 0.05) is 5.56 Å². The topological polar surface area (TPSA) is 78.6 Å². The Labute approximate surface area is 112 Å². The molecule has 1 aromatic carbocycles. The zero-order valence-corrected chi connectivity index (χ0v) is 11.4. The minimum atomic E-state index is -0.718. The summed E-state index contributed by atoms with van der Waals surface area (Å²) in [6.07, 6.45) is -0.257. The van der Waals surface area contributed by atoms with Gasteiger partial charge in [0.1, 0.15) is 5.75 Å². The van der Waals surface area contributed by atoms with E-state index in [4.69, 9.17) is 15.2 Å². The van der Waals surface area contributed by atoms with Gasteiger partial charge >= 0.3 is 5.97 Å². The van der Waals surface area contributed by atoms with Crippen LogP contribution in [0.15, 0.2) is 18.2 Å². The smallest absolute Gasteiger partial charge is 0.347 e. The molecule has 0 bridgehead atoms. The predicted molar refractivity (Wildman–Crippen MR) is 72.2 cm³/mol. The summed E-state index contributed by atoms with van der Waals surface area (Å²) in [6.45, 7) is 5.27. The quantitative estimate of drug-likeness (QED) is 0.484. The molecule has 0 aliphatic heterocycles. The highest BCUT2D eigenvalue weighted by Crippen LogP contribution is 2.27. The fraction of sp³-hybridized carbons (Fsp3) is 0.429. The van der Waals surface area contributed by atoms with Gasteiger partial charge in [-0.2, -0.15) is 0 Å². The third-order valence-electron chi connectivity index (χ3n) is 2.63. The summed E-state index contributed by atoms with van der Waals surface area (Å²) in [6, 6.07) is 4.92. The van der Waals surface area contributed by atoms with E-state index in [2.05, 4.69) is 0 Å². The molecular weight excluding hydrogens is 246 g/mol. The van der Waals surface area contributed by atoms with Gasteiger partial charge in [0.25, 0.3) is 0 Å². The Morgan fingerprint density at radius 1 is 1.32 bits per heavy atom. The average molecular weight is 265 g/mol. The van der Waals surface area contributed by atoms with Crippen LogP contribution < -0.4 is 10.5 Å². The molecule has 0 aliphatic rings. The summed E-state index contributed by atoms with van der Waals surface area (Å²) in [5, 5.41) is 0. The third-order valence-corrected chi connectivity index (χ3v) is 2.63. The Hall–Kier alpha value is -2.04. The molecule has 104 valence electrons. The number of ketones is 1. The van der Waals surface area contributed by atoms with E-state index in [0.29, 0.717) is 24.3 Å². The number of carbonyl (C=O) groups is 2. The van der Waals surface area contributed by atoms with Gasteiger partial charge in [0.05, 0.1) is 12.3 Å². The summed E-state index contributed by atoms with van der Waals surface area (Å²) >= 11 is 0. The number of hydrogen-bond acceptors (Lipinski definition) is 5. The lowest BCUT2D eigenvalue weighted by Gasteiger charge is -2.18. The van der Waals surface area contributed by atoms with Crippen LogP contribution in [0.1, 0.15) is 37.6 Å². The molecule has 5 heteroatoms. The molecule has 0 heterocycles. The van der Waals surface area contributed by atoms with Gasteiger partial charge in [-0.15, -0.1) is 0 Å². The molecule has 1 atom stereocenters. The van der Waals surface area contributed by atoms with Crippen molar-refractivity contribution in [3.8, 4) is 5.75 Å². The number of para-hydroxylation sites is 1. The van der Waals surface area contributed by atoms with Crippen molar-refractivity contribution in [1.82, 2.24) is 0 Å². The Bertz CT molecular complexity index is 471. The van der Waals surface area contributed by atoms with Crippen molar-refractivity contribution >= 4 is 17.4 Å². The molecule has 1 rings (SSSR count). The molecule has 19 heavy (non-hydrogen) atoms. The highest BCUT2D eigenvalue weighted by atomic mass is 16.6. The van der Waals surface area contributed by atoms with Crippen LogP contribution in [-0.4, -0.2) is 24.5 Å². The molecular formula is C14H19NO4. The monoisotopic (exact) mass is 265 g/mol. The van der Waals surface area contributed by atoms with Gasteiger partial charge in [-0.25, -0.2) is 4.79 Å². The lowest BCUT2D eigenvalue weighted by atomic mass is 10.1. The van der Waals surface area contributed by atoms with E-state index in [0.717, 1.165) is 0 Å². The maximum atomic E-state index is 11.7. The summed E-state index contributed by atoms with van der Waals surface area (Å²) in [4.78, 5) is 23.0. The average Bonchev–Trinajstić information content (AvgIpc) is 2.37. The van der Waals surface area contributed by atoms with E-state index in [1.54, 1.807) is 25.1 Å². The highest BCUT2D eigenvalue weighted by Gasteiger charge is 2.21. The molecule has 0 saturated carbocycles. The van der Waals surface area contributed by atoms with Crippen LogP contribution in [-0.2, 0) is 9.53 Å². The minimum Gasteiger partial charge on any atom is -0.477 e. The van der Waals surface area contributed by atoms with E-state index >= 15 is 0 Å². The Morgan fingerprint density at radius 3 is 2.53 bits per heavy atom. The number of benzene rings is 1. The number of carbonyl (C=O) groups excluding carboxylic acids is 2. The molecule has 0 radical (unpaired) electrons. The SMILES string of the molecule is CCOC(=O)C(CC)Oc1cccc(C(C)=O)c1N. The number of esters is 1. The molecule has 1 unspecified atom stereocenters. The van der Waals surface area contributed by atoms with Crippen LogP contribution in [0.3, 0.4) is 0 Å². The molecule has 0 spiro atoms. The molecule has 5 nitrogen and oxygen atoms in total. The van der Waals surface area contributed by atoms with E-state index in [1.807, 2.05) is 6.92 Å². The first-order chi connectivity index (χ1) is 9.01. The van der Waals surface area contributed by atoms with E-state index in [-0.39, 0.29) is 11.5 Å². The number of hydrogen-bond donors (Lipinski definition) is 1. The van der Waals surface area contributed by atoms with Gasteiger partial charge in [-0.1, -0.05) is 13.0 Å². The molecule has 0 saturated heterocycles. The van der Waals surface area contributed by atoms with Crippen LogP contribution in [0.4, 0.5) is 5.69 Å². The van der Waals surface area contributed by atoms with Gasteiger partial charge in [0.2, 0.25) is 0 Å². The van der Waals surface area contributed by atoms with Crippen molar-refractivity contribution in [3.63, 3.8) is 0 Å². The molecule has 0 fully saturated rings. The zero-order valence-electron chi connectivity index (χ0n) is 11.4. The summed E-state index contributed by atoms with van der Waals surface area (Å²) in [7, 11) is 0. The van der Waals surface area contributed by atoms with Crippen molar-refractivity contribution in [2.24, 2.45) is 0 Å². The number of anilines is 1. The Kier molecular flexibility index (Phi) is 5.36. The first kappa shape index (κ1) is 15.0. The Balaban J connectivity index is 2.95. The molecule has 0 aromatic heterocycles. The molecule has 1 aromatic rings. The lowest BCUT2D eigenvalue weighted by Crippen LogP contribution is -2.29. The maximum absolute atomic E-state index is 11.7. The number of rotatable bonds is 6. The minimum absolute atomic E-state index is 0.146. The van der Waals surface area contributed by atoms with Crippen LogP contribution in [0, 0.1) is 0 Å². The number of nitrogen functional groups attached to an aromatic ring is 1. The van der Waals surface area contributed by atoms with E-state index in [9.17, 15) is 9.59 Å². The second kappa shape index (κ2) is 6.78. The van der Waals surface area contributed by atoms with Crippen molar-refractivity contribution in [2.75, 3.05) is 12.3 Å². The van der Waals surface area contributed by atoms with Crippen molar-refractivity contribution in [3.05, 3.63) is 23.8 Å². The summed E-state index contributed by atoms with van der Waals surface area (Å²) in [5.74, 6) is -0.252. The van der Waals surface area contributed by atoms with Crippen LogP contribution in [0.25, 0.3) is 0 Å².